The Morgan fingerprint density at radius 1 is 1.12 bits per heavy atom. The number of carbonyl (C=O) groups excluding carboxylic acids is 2. The second kappa shape index (κ2) is 7.90. The first kappa shape index (κ1) is 17.1. The predicted octanol–water partition coefficient (Wildman–Crippen LogP) is 2.06. The van der Waals surface area contributed by atoms with Crippen molar-refractivity contribution in [3.05, 3.63) is 48.0 Å². The van der Waals surface area contributed by atoms with Gasteiger partial charge in [0.2, 0.25) is 0 Å². The zero-order chi connectivity index (χ0) is 18.4. The summed E-state index contributed by atoms with van der Waals surface area (Å²) in [5, 5.41) is 13.6. The van der Waals surface area contributed by atoms with Gasteiger partial charge >= 0.3 is 6.03 Å². The standard InChI is InChI=1S/C18H15N3O5/c19-10-12-3-1-2-4-14(12)26-11-17(22)21-18(23)20-13-5-6-15-16(9-13)25-8-7-24-15/h1-6,9H,7-8,11H2,(H2,20,21,22,23). The number of fused-ring (bicyclic) bond motifs is 1. The first-order chi connectivity index (χ1) is 12.7. The minimum atomic E-state index is -0.705. The van der Waals surface area contributed by atoms with Gasteiger partial charge in [-0.15, -0.1) is 0 Å². The van der Waals surface area contributed by atoms with Crippen LogP contribution in [0.2, 0.25) is 0 Å². The molecule has 0 radical (unpaired) electrons. The Labute approximate surface area is 149 Å². The monoisotopic (exact) mass is 353 g/mol. The van der Waals surface area contributed by atoms with Gasteiger partial charge in [-0.1, -0.05) is 12.1 Å². The second-order valence-corrected chi connectivity index (χ2v) is 5.26. The summed E-state index contributed by atoms with van der Waals surface area (Å²) >= 11 is 0. The summed E-state index contributed by atoms with van der Waals surface area (Å²) in [5.41, 5.74) is 0.760. The lowest BCUT2D eigenvalue weighted by molar-refractivity contribution is -0.121. The number of hydrogen-bond acceptors (Lipinski definition) is 6. The summed E-state index contributed by atoms with van der Waals surface area (Å²) < 4.78 is 16.1. The SMILES string of the molecule is N#Cc1ccccc1OCC(=O)NC(=O)Nc1ccc2c(c1)OCCO2. The van der Waals surface area contributed by atoms with Crippen LogP contribution in [-0.2, 0) is 4.79 Å². The fraction of sp³-hybridized carbons (Fsp3) is 0.167. The molecule has 1 aliphatic heterocycles. The Kier molecular flexibility index (Phi) is 5.19. The number of imide groups is 1. The van der Waals surface area contributed by atoms with E-state index in [-0.39, 0.29) is 5.75 Å². The van der Waals surface area contributed by atoms with Gasteiger partial charge in [0.15, 0.2) is 18.1 Å². The van der Waals surface area contributed by atoms with E-state index < -0.39 is 18.5 Å². The molecule has 0 aromatic heterocycles. The van der Waals surface area contributed by atoms with Crippen molar-refractivity contribution in [3.8, 4) is 23.3 Å². The molecule has 0 saturated heterocycles. The molecule has 8 heteroatoms. The van der Waals surface area contributed by atoms with Crippen molar-refractivity contribution in [2.45, 2.75) is 0 Å². The molecule has 0 fully saturated rings. The maximum absolute atomic E-state index is 11.9. The number of carbonyl (C=O) groups is 2. The molecule has 2 N–H and O–H groups in total. The van der Waals surface area contributed by atoms with Crippen LogP contribution >= 0.6 is 0 Å². The first-order valence-electron chi connectivity index (χ1n) is 7.78. The van der Waals surface area contributed by atoms with Gasteiger partial charge in [-0.3, -0.25) is 10.1 Å². The van der Waals surface area contributed by atoms with E-state index in [0.717, 1.165) is 0 Å². The largest absolute Gasteiger partial charge is 0.486 e. The van der Waals surface area contributed by atoms with Crippen LogP contribution in [0.4, 0.5) is 10.5 Å². The number of para-hydroxylation sites is 1. The van der Waals surface area contributed by atoms with Crippen LogP contribution in [-0.4, -0.2) is 31.8 Å². The molecule has 8 nitrogen and oxygen atoms in total. The van der Waals surface area contributed by atoms with E-state index in [0.29, 0.717) is 36.0 Å². The fourth-order valence-electron chi connectivity index (χ4n) is 2.27. The number of nitriles is 1. The average molecular weight is 353 g/mol. The highest BCUT2D eigenvalue weighted by Crippen LogP contribution is 2.32. The third-order valence-corrected chi connectivity index (χ3v) is 3.42. The lowest BCUT2D eigenvalue weighted by Gasteiger charge is -2.19. The van der Waals surface area contributed by atoms with E-state index in [9.17, 15) is 9.59 Å². The molecule has 3 rings (SSSR count). The molecular formula is C18H15N3O5. The molecule has 1 heterocycles. The minimum absolute atomic E-state index is 0.275. The number of nitrogens with one attached hydrogen (secondary N) is 2. The van der Waals surface area contributed by atoms with Gasteiger partial charge in [-0.05, 0) is 24.3 Å². The van der Waals surface area contributed by atoms with Gasteiger partial charge in [0, 0.05) is 11.8 Å². The van der Waals surface area contributed by atoms with Gasteiger partial charge in [0.05, 0.1) is 5.56 Å². The number of ether oxygens (including phenoxy) is 3. The molecule has 0 spiro atoms. The highest BCUT2D eigenvalue weighted by atomic mass is 16.6. The van der Waals surface area contributed by atoms with Crippen molar-refractivity contribution < 1.29 is 23.8 Å². The van der Waals surface area contributed by atoms with Crippen molar-refractivity contribution in [3.63, 3.8) is 0 Å². The molecule has 2 aromatic rings. The van der Waals surface area contributed by atoms with Crippen LogP contribution in [0.15, 0.2) is 42.5 Å². The normalized spacial score (nSPS) is 11.8. The van der Waals surface area contributed by atoms with Crippen LogP contribution in [0, 0.1) is 11.3 Å². The van der Waals surface area contributed by atoms with Crippen LogP contribution in [0.1, 0.15) is 5.56 Å². The maximum Gasteiger partial charge on any atom is 0.325 e. The first-order valence-corrected chi connectivity index (χ1v) is 7.78. The Morgan fingerprint density at radius 2 is 1.88 bits per heavy atom. The van der Waals surface area contributed by atoms with Gasteiger partial charge < -0.3 is 19.5 Å². The Balaban J connectivity index is 1.51. The molecule has 0 aliphatic carbocycles. The third-order valence-electron chi connectivity index (χ3n) is 3.42. The van der Waals surface area contributed by atoms with Crippen LogP contribution in [0.3, 0.4) is 0 Å². The maximum atomic E-state index is 11.9. The van der Waals surface area contributed by atoms with E-state index in [2.05, 4.69) is 10.6 Å². The summed E-state index contributed by atoms with van der Waals surface area (Å²) in [6, 6.07) is 12.7. The van der Waals surface area contributed by atoms with E-state index in [1.54, 1.807) is 42.5 Å². The summed E-state index contributed by atoms with van der Waals surface area (Å²) in [6.07, 6.45) is 0. The highest BCUT2D eigenvalue weighted by molar-refractivity contribution is 6.01. The number of nitrogens with zero attached hydrogens (tertiary/aromatic N) is 1. The van der Waals surface area contributed by atoms with E-state index in [1.807, 2.05) is 6.07 Å². The number of urea groups is 1. The number of rotatable bonds is 4. The van der Waals surface area contributed by atoms with E-state index >= 15 is 0 Å². The van der Waals surface area contributed by atoms with Gasteiger partial charge in [0.25, 0.3) is 5.91 Å². The summed E-state index contributed by atoms with van der Waals surface area (Å²) in [7, 11) is 0. The molecule has 0 saturated carbocycles. The number of amides is 3. The summed E-state index contributed by atoms with van der Waals surface area (Å²) in [4.78, 5) is 23.7. The van der Waals surface area contributed by atoms with Crippen LogP contribution < -0.4 is 24.8 Å². The van der Waals surface area contributed by atoms with E-state index in [1.165, 1.54) is 0 Å². The Bertz CT molecular complexity index is 875. The molecule has 26 heavy (non-hydrogen) atoms. The molecular weight excluding hydrogens is 338 g/mol. The van der Waals surface area contributed by atoms with Gasteiger partial charge in [-0.2, -0.15) is 5.26 Å². The second-order valence-electron chi connectivity index (χ2n) is 5.26. The summed E-state index contributed by atoms with van der Waals surface area (Å²) in [6.45, 7) is 0.513. The molecule has 3 amide bonds. The lowest BCUT2D eigenvalue weighted by Crippen LogP contribution is -2.37. The van der Waals surface area contributed by atoms with E-state index in [4.69, 9.17) is 19.5 Å². The number of hydrogen-bond donors (Lipinski definition) is 2. The highest BCUT2D eigenvalue weighted by Gasteiger charge is 2.14. The van der Waals surface area contributed by atoms with Crippen LogP contribution in [0.5, 0.6) is 17.2 Å². The topological polar surface area (TPSA) is 110 Å². The van der Waals surface area contributed by atoms with Crippen LogP contribution in [0.25, 0.3) is 0 Å². The zero-order valence-electron chi connectivity index (χ0n) is 13.7. The lowest BCUT2D eigenvalue weighted by atomic mass is 10.2. The molecule has 0 atom stereocenters. The van der Waals surface area contributed by atoms with Gasteiger partial charge in [-0.25, -0.2) is 4.79 Å². The third kappa shape index (κ3) is 4.21. The van der Waals surface area contributed by atoms with Crippen molar-refractivity contribution in [2.75, 3.05) is 25.1 Å². The summed E-state index contributed by atoms with van der Waals surface area (Å²) in [5.74, 6) is 0.754. The van der Waals surface area contributed by atoms with Crippen molar-refractivity contribution in [1.29, 1.82) is 5.26 Å². The Hall–Kier alpha value is -3.73. The number of anilines is 1. The molecule has 2 aromatic carbocycles. The average Bonchev–Trinajstić information content (AvgIpc) is 2.66. The predicted molar refractivity (Wildman–Crippen MR) is 91.2 cm³/mol. The van der Waals surface area contributed by atoms with Gasteiger partial charge in [0.1, 0.15) is 25.0 Å². The molecule has 0 unspecified atom stereocenters. The smallest absolute Gasteiger partial charge is 0.325 e. The number of benzene rings is 2. The minimum Gasteiger partial charge on any atom is -0.486 e. The fourth-order valence-corrected chi connectivity index (χ4v) is 2.27. The van der Waals surface area contributed by atoms with Crippen molar-refractivity contribution in [1.82, 2.24) is 5.32 Å². The Morgan fingerprint density at radius 3 is 2.69 bits per heavy atom. The molecule has 132 valence electrons. The molecule has 0 bridgehead atoms. The molecule has 1 aliphatic rings. The van der Waals surface area contributed by atoms with Crippen molar-refractivity contribution in [2.24, 2.45) is 0 Å². The quantitative estimate of drug-likeness (QED) is 0.871. The zero-order valence-corrected chi connectivity index (χ0v) is 13.7. The van der Waals surface area contributed by atoms with Crippen molar-refractivity contribution >= 4 is 17.6 Å².